The lowest BCUT2D eigenvalue weighted by Gasteiger charge is -2.64. The third kappa shape index (κ3) is 5.25. The Morgan fingerprint density at radius 2 is 1.61 bits per heavy atom. The average molecular weight is 715 g/mol. The maximum absolute atomic E-state index is 12.7. The molecule has 2 spiro atoms. The number of aliphatic hydroxyl groups is 2. The summed E-state index contributed by atoms with van der Waals surface area (Å²) in [5, 5.41) is 23.8. The molecule has 14 atom stereocenters. The molecule has 5 aliphatic carbocycles. The first-order valence-electron chi connectivity index (χ1n) is 21.2. The van der Waals surface area contributed by atoms with E-state index in [0.717, 1.165) is 45.6 Å². The van der Waals surface area contributed by atoms with Gasteiger partial charge in [0.15, 0.2) is 6.29 Å². The smallest absolute Gasteiger partial charge is 0.170 e. The topological polar surface area (TPSA) is 83.9 Å². The van der Waals surface area contributed by atoms with Gasteiger partial charge in [0.25, 0.3) is 0 Å². The molecule has 3 heterocycles. The van der Waals surface area contributed by atoms with Crippen molar-refractivity contribution in [1.29, 1.82) is 0 Å². The molecule has 8 rings (SSSR count). The van der Waals surface area contributed by atoms with E-state index in [1.165, 1.54) is 38.5 Å². The molecular formula is C43H74N2O6. The Labute approximate surface area is 310 Å². The normalized spacial score (nSPS) is 50.6. The molecule has 0 amide bonds. The minimum Gasteiger partial charge on any atom is -0.390 e. The van der Waals surface area contributed by atoms with Gasteiger partial charge in [-0.05, 0) is 138 Å². The van der Waals surface area contributed by atoms with Gasteiger partial charge in [-0.3, -0.25) is 9.80 Å². The number of hydrogen-bond donors (Lipinski definition) is 2. The van der Waals surface area contributed by atoms with Crippen molar-refractivity contribution in [2.45, 2.75) is 182 Å². The van der Waals surface area contributed by atoms with Crippen LogP contribution < -0.4 is 0 Å². The number of morpholine rings is 1. The lowest BCUT2D eigenvalue weighted by atomic mass is 9.41. The molecule has 8 heteroatoms. The quantitative estimate of drug-likeness (QED) is 0.310. The van der Waals surface area contributed by atoms with Crippen LogP contribution in [0.15, 0.2) is 0 Å². The highest BCUT2D eigenvalue weighted by molar-refractivity contribution is 5.33. The minimum absolute atomic E-state index is 0.0220. The lowest BCUT2D eigenvalue weighted by molar-refractivity contribution is -0.254. The molecular weight excluding hydrogens is 640 g/mol. The van der Waals surface area contributed by atoms with Gasteiger partial charge in [-0.1, -0.05) is 34.6 Å². The molecule has 0 aromatic heterocycles. The van der Waals surface area contributed by atoms with Crippen molar-refractivity contribution >= 4 is 0 Å². The van der Waals surface area contributed by atoms with E-state index in [4.69, 9.17) is 18.9 Å². The molecule has 8 fully saturated rings. The average Bonchev–Trinajstić information content (AvgIpc) is 3.64. The van der Waals surface area contributed by atoms with Crippen LogP contribution in [0, 0.1) is 50.7 Å². The molecule has 3 saturated heterocycles. The fourth-order valence-electron chi connectivity index (χ4n) is 15.2. The van der Waals surface area contributed by atoms with E-state index in [1.54, 1.807) is 0 Å². The number of ether oxygens (including phenoxy) is 4. The number of nitrogens with zero attached hydrogens (tertiary/aromatic N) is 2. The summed E-state index contributed by atoms with van der Waals surface area (Å²) in [7, 11) is 0. The van der Waals surface area contributed by atoms with Crippen LogP contribution in [0.1, 0.15) is 128 Å². The number of rotatable bonds is 7. The SMILES string of the molecule is CCO[C@@H](C1C[C@@H](C)[C@H]2C(O1)[C@H](O)[C@@]1(C)C3CC[C@H]4C(C)(C)[C@@H](O[C@H]5CN(C6CN(C(C)(C)C)C6)CCO5)CC[C@@]45C[C@@]35CC[C@]21C)C(C)(C)O. The summed E-state index contributed by atoms with van der Waals surface area (Å²) in [4.78, 5) is 5.22. The summed E-state index contributed by atoms with van der Waals surface area (Å²) in [6.45, 7) is 30.5. The second kappa shape index (κ2) is 12.1. The Balaban J connectivity index is 0.983. The molecule has 292 valence electrons. The molecule has 5 saturated carbocycles. The maximum atomic E-state index is 12.7. The maximum Gasteiger partial charge on any atom is 0.170 e. The fraction of sp³-hybridized carbons (Fsp3) is 1.00. The van der Waals surface area contributed by atoms with Gasteiger partial charge in [-0.25, -0.2) is 0 Å². The zero-order valence-corrected chi connectivity index (χ0v) is 34.2. The zero-order chi connectivity index (χ0) is 36.7. The van der Waals surface area contributed by atoms with Gasteiger partial charge < -0.3 is 29.2 Å². The van der Waals surface area contributed by atoms with E-state index in [1.807, 2.05) is 20.8 Å². The van der Waals surface area contributed by atoms with E-state index in [0.29, 0.717) is 47.2 Å². The van der Waals surface area contributed by atoms with E-state index in [9.17, 15) is 10.2 Å². The van der Waals surface area contributed by atoms with Crippen molar-refractivity contribution in [3.63, 3.8) is 0 Å². The van der Waals surface area contributed by atoms with Gasteiger partial charge in [-0.2, -0.15) is 0 Å². The number of aliphatic hydroxyl groups excluding tert-OH is 1. The van der Waals surface area contributed by atoms with Gasteiger partial charge >= 0.3 is 0 Å². The summed E-state index contributed by atoms with van der Waals surface area (Å²) >= 11 is 0. The van der Waals surface area contributed by atoms with Crippen LogP contribution in [0.3, 0.4) is 0 Å². The summed E-state index contributed by atoms with van der Waals surface area (Å²) in [5.41, 5.74) is -0.201. The van der Waals surface area contributed by atoms with Crippen molar-refractivity contribution < 1.29 is 29.2 Å². The van der Waals surface area contributed by atoms with Crippen molar-refractivity contribution in [2.75, 3.05) is 39.4 Å². The molecule has 0 bridgehead atoms. The third-order valence-corrected chi connectivity index (χ3v) is 17.9. The number of hydrogen-bond acceptors (Lipinski definition) is 8. The summed E-state index contributed by atoms with van der Waals surface area (Å²) < 4.78 is 26.5. The van der Waals surface area contributed by atoms with Crippen molar-refractivity contribution in [3.05, 3.63) is 0 Å². The van der Waals surface area contributed by atoms with Crippen LogP contribution in [-0.4, -0.2) is 113 Å². The largest absolute Gasteiger partial charge is 0.390 e. The van der Waals surface area contributed by atoms with Gasteiger partial charge in [0, 0.05) is 49.8 Å². The highest BCUT2D eigenvalue weighted by Crippen LogP contribution is 2.89. The number of likely N-dealkylation sites (tertiary alicyclic amines) is 1. The van der Waals surface area contributed by atoms with Gasteiger partial charge in [0.2, 0.25) is 0 Å². The highest BCUT2D eigenvalue weighted by Gasteiger charge is 2.84. The highest BCUT2D eigenvalue weighted by atomic mass is 16.7. The zero-order valence-electron chi connectivity index (χ0n) is 34.2. The molecule has 3 aliphatic heterocycles. The predicted octanol–water partition coefficient (Wildman–Crippen LogP) is 6.50. The van der Waals surface area contributed by atoms with Crippen LogP contribution >= 0.6 is 0 Å². The molecule has 8 nitrogen and oxygen atoms in total. The summed E-state index contributed by atoms with van der Waals surface area (Å²) in [6.07, 6.45) is 8.13. The Morgan fingerprint density at radius 3 is 2.27 bits per heavy atom. The van der Waals surface area contributed by atoms with Gasteiger partial charge in [0.1, 0.15) is 6.10 Å². The first-order chi connectivity index (χ1) is 23.7. The van der Waals surface area contributed by atoms with Gasteiger partial charge in [-0.15, -0.1) is 0 Å². The molecule has 0 aromatic carbocycles. The summed E-state index contributed by atoms with van der Waals surface area (Å²) in [5.74, 6) is 1.85. The first kappa shape index (κ1) is 37.6. The van der Waals surface area contributed by atoms with E-state index >= 15 is 0 Å². The molecule has 2 N–H and O–H groups in total. The third-order valence-electron chi connectivity index (χ3n) is 17.9. The van der Waals surface area contributed by atoms with Crippen LogP contribution in [0.25, 0.3) is 0 Å². The Bertz CT molecular complexity index is 1320. The molecule has 51 heavy (non-hydrogen) atoms. The standard InChI is InChI=1S/C43H74N2O6/c1-12-48-36(39(8,9)47)28-21-26(2)33-34(50-28)35(46)41(11)30-14-13-29-38(6,7)31(15-16-42(29)25-43(30,42)18-17-40(33,41)10)51-32-24-44(19-20-49-32)27-22-45(23-27)37(3,4)5/h26-36,46-47H,12-25H2,1-11H3/t26-,28?,29+,30?,31+,32+,33+,34?,35+,36+,40-,41-,42-,43+/m1/s1. The Hall–Kier alpha value is -0.320. The van der Waals surface area contributed by atoms with Crippen molar-refractivity contribution in [3.8, 4) is 0 Å². The lowest BCUT2D eigenvalue weighted by Crippen LogP contribution is -2.66. The van der Waals surface area contributed by atoms with E-state index < -0.39 is 17.8 Å². The van der Waals surface area contributed by atoms with Crippen molar-refractivity contribution in [1.82, 2.24) is 9.80 Å². The predicted molar refractivity (Wildman–Crippen MR) is 199 cm³/mol. The molecule has 3 unspecified atom stereocenters. The minimum atomic E-state index is -1.01. The molecule has 0 radical (unpaired) electrons. The monoisotopic (exact) mass is 715 g/mol. The van der Waals surface area contributed by atoms with Crippen molar-refractivity contribution in [2.24, 2.45) is 50.7 Å². The van der Waals surface area contributed by atoms with Crippen LogP contribution in [-0.2, 0) is 18.9 Å². The fourth-order valence-corrected chi connectivity index (χ4v) is 15.2. The van der Waals surface area contributed by atoms with Crippen LogP contribution in [0.4, 0.5) is 0 Å². The number of fused-ring (bicyclic) bond motifs is 4. The van der Waals surface area contributed by atoms with Crippen LogP contribution in [0.5, 0.6) is 0 Å². The molecule has 8 aliphatic rings. The molecule has 0 aromatic rings. The van der Waals surface area contributed by atoms with Gasteiger partial charge in [0.05, 0.1) is 36.6 Å². The Morgan fingerprint density at radius 1 is 0.922 bits per heavy atom. The first-order valence-corrected chi connectivity index (χ1v) is 21.2. The summed E-state index contributed by atoms with van der Waals surface area (Å²) in [6, 6.07) is 0.614. The second-order valence-electron chi connectivity index (χ2n) is 21.7. The Kier molecular flexibility index (Phi) is 8.91. The van der Waals surface area contributed by atoms with Crippen LogP contribution in [0.2, 0.25) is 0 Å². The van der Waals surface area contributed by atoms with E-state index in [2.05, 4.69) is 65.2 Å². The van der Waals surface area contributed by atoms with E-state index in [-0.39, 0.29) is 46.4 Å². The second-order valence-corrected chi connectivity index (χ2v) is 21.7.